The van der Waals surface area contributed by atoms with Gasteiger partial charge >= 0.3 is 11.9 Å². The number of esters is 2. The van der Waals surface area contributed by atoms with Gasteiger partial charge in [0.25, 0.3) is 0 Å². The van der Waals surface area contributed by atoms with E-state index in [1.54, 1.807) is 0 Å². The Hall–Kier alpha value is -2.23. The van der Waals surface area contributed by atoms with Gasteiger partial charge in [-0.1, -0.05) is 481 Å². The van der Waals surface area contributed by atoms with E-state index >= 15 is 0 Å². The Labute approximate surface area is 656 Å². The Morgan fingerprint density at radius 3 is 0.752 bits per heavy atom. The molecule has 2 atom stereocenters. The lowest BCUT2D eigenvalue weighted by molar-refractivity contribution is -0.870. The van der Waals surface area contributed by atoms with Crippen molar-refractivity contribution in [3.63, 3.8) is 0 Å². The van der Waals surface area contributed by atoms with Crippen LogP contribution < -0.4 is 5.11 Å². The number of rotatable bonds is 91. The molecule has 0 bridgehead atoms. The largest absolute Gasteiger partial charge is 0.545 e. The van der Waals surface area contributed by atoms with Gasteiger partial charge in [-0.3, -0.25) is 9.59 Å². The fourth-order valence-electron chi connectivity index (χ4n) is 15.0. The molecule has 0 rings (SSSR count). The molecule has 0 aromatic carbocycles. The summed E-state index contributed by atoms with van der Waals surface area (Å²) >= 11 is 0. The number of allylic oxidation sites excluding steroid dienone is 4. The highest BCUT2D eigenvalue weighted by atomic mass is 16.7. The molecule has 9 nitrogen and oxygen atoms in total. The Kier molecular flexibility index (Phi) is 85.5. The molecule has 0 saturated heterocycles. The number of hydrogen-bond acceptors (Lipinski definition) is 8. The van der Waals surface area contributed by atoms with Gasteiger partial charge in [0.1, 0.15) is 13.2 Å². The van der Waals surface area contributed by atoms with Crippen LogP contribution in [0.1, 0.15) is 515 Å². The molecule has 0 saturated carbocycles. The number of unbranched alkanes of at least 4 members (excludes halogenated alkanes) is 72. The summed E-state index contributed by atoms with van der Waals surface area (Å²) in [5, 5.41) is 11.9. The maximum absolute atomic E-state index is 13.0. The molecule has 0 radical (unpaired) electrons. The van der Waals surface area contributed by atoms with Crippen LogP contribution >= 0.6 is 0 Å². The molecule has 622 valence electrons. The Morgan fingerprint density at radius 2 is 0.514 bits per heavy atom. The third-order valence-corrected chi connectivity index (χ3v) is 22.2. The third kappa shape index (κ3) is 88.9. The number of aliphatic carboxylic acids is 1. The number of likely N-dealkylation sites (N-methyl/N-ethyl adjacent to an activating group) is 1. The van der Waals surface area contributed by atoms with Crippen molar-refractivity contribution in [2.75, 3.05) is 47.5 Å². The number of nitrogens with zero attached hydrogens (tertiary/aromatic N) is 1. The zero-order chi connectivity index (χ0) is 76.0. The van der Waals surface area contributed by atoms with E-state index in [9.17, 15) is 19.5 Å². The predicted octanol–water partition coefficient (Wildman–Crippen LogP) is 29.8. The molecule has 2 unspecified atom stereocenters. The van der Waals surface area contributed by atoms with Crippen molar-refractivity contribution < 1.29 is 42.9 Å². The van der Waals surface area contributed by atoms with Crippen molar-refractivity contribution in [3.05, 3.63) is 24.3 Å². The number of carboxylic acids is 1. The minimum Gasteiger partial charge on any atom is -0.545 e. The van der Waals surface area contributed by atoms with Gasteiger partial charge in [0.15, 0.2) is 12.4 Å². The molecule has 0 aromatic heterocycles. The summed E-state index contributed by atoms with van der Waals surface area (Å²) in [5.74, 6) is -2.24. The first kappa shape index (κ1) is 103. The molecule has 0 aliphatic rings. The standard InChI is InChI=1S/C96H185NO8/c1-6-8-10-12-14-16-18-20-22-24-26-28-30-32-34-36-38-40-42-44-46-47-49-51-53-55-57-59-61-63-65-67-69-71-73-75-77-79-81-83-85-87-94(99)105-92(91-104-96(95(100)101)102-89-88-97(3,4)5)90-103-93(98)86-84-82-80-78-76-74-72-70-68-66-64-62-60-58-56-54-52-50-48-45-43-41-39-37-35-33-31-29-27-25-23-21-19-17-15-13-11-9-7-2/h18,20,24,26,92,96H,6-17,19,21-23,25,27-91H2,1-5H3/b20-18-,26-24-. The number of ether oxygens (including phenoxy) is 4. The first-order valence-electron chi connectivity index (χ1n) is 47.5. The number of carboxylic acid groups (broad SMARTS) is 1. The first-order valence-corrected chi connectivity index (χ1v) is 47.5. The van der Waals surface area contributed by atoms with Gasteiger partial charge in [0, 0.05) is 12.8 Å². The van der Waals surface area contributed by atoms with Crippen LogP contribution in [0.2, 0.25) is 0 Å². The molecule has 0 heterocycles. The minimum absolute atomic E-state index is 0.153. The predicted molar refractivity (Wildman–Crippen MR) is 454 cm³/mol. The van der Waals surface area contributed by atoms with Gasteiger partial charge in [-0.15, -0.1) is 0 Å². The fourth-order valence-corrected chi connectivity index (χ4v) is 15.0. The quantitative estimate of drug-likeness (QED) is 0.0195. The van der Waals surface area contributed by atoms with Crippen LogP contribution in [0, 0.1) is 0 Å². The number of carbonyl (C=O) groups is 3. The number of carbonyl (C=O) groups excluding carboxylic acids is 3. The summed E-state index contributed by atoms with van der Waals surface area (Å²) in [6, 6.07) is 0. The number of quaternary nitrogens is 1. The van der Waals surface area contributed by atoms with E-state index in [1.807, 2.05) is 21.1 Å². The average molecular weight is 1480 g/mol. The monoisotopic (exact) mass is 1480 g/mol. The van der Waals surface area contributed by atoms with Gasteiger partial charge in [0.2, 0.25) is 0 Å². The molecular formula is C96H185NO8. The van der Waals surface area contributed by atoms with E-state index in [0.29, 0.717) is 17.4 Å². The summed E-state index contributed by atoms with van der Waals surface area (Å²) in [6.45, 7) is 4.84. The first-order chi connectivity index (χ1) is 51.6. The lowest BCUT2D eigenvalue weighted by Gasteiger charge is -2.26. The van der Waals surface area contributed by atoms with Gasteiger partial charge in [-0.25, -0.2) is 0 Å². The van der Waals surface area contributed by atoms with E-state index < -0.39 is 24.3 Å². The van der Waals surface area contributed by atoms with Gasteiger partial charge in [-0.05, 0) is 44.9 Å². The highest BCUT2D eigenvalue weighted by molar-refractivity contribution is 5.70. The van der Waals surface area contributed by atoms with E-state index in [1.165, 1.54) is 443 Å². The maximum Gasteiger partial charge on any atom is 0.306 e. The highest BCUT2D eigenvalue weighted by Gasteiger charge is 2.22. The molecule has 105 heavy (non-hydrogen) atoms. The summed E-state index contributed by atoms with van der Waals surface area (Å²) < 4.78 is 23.0. The highest BCUT2D eigenvalue weighted by Crippen LogP contribution is 2.22. The Morgan fingerprint density at radius 1 is 0.286 bits per heavy atom. The fraction of sp³-hybridized carbons (Fsp3) is 0.927. The van der Waals surface area contributed by atoms with E-state index in [-0.39, 0.29) is 32.2 Å². The summed E-state index contributed by atoms with van der Waals surface area (Å²) in [7, 11) is 5.96. The summed E-state index contributed by atoms with van der Waals surface area (Å²) in [4.78, 5) is 37.7. The summed E-state index contributed by atoms with van der Waals surface area (Å²) in [5.41, 5.74) is 0. The second kappa shape index (κ2) is 87.4. The minimum atomic E-state index is -1.62. The lowest BCUT2D eigenvalue weighted by atomic mass is 10.0. The smallest absolute Gasteiger partial charge is 0.306 e. The van der Waals surface area contributed by atoms with Crippen LogP contribution in [0.15, 0.2) is 24.3 Å². The zero-order valence-corrected chi connectivity index (χ0v) is 71.7. The van der Waals surface area contributed by atoms with Crippen molar-refractivity contribution >= 4 is 17.9 Å². The van der Waals surface area contributed by atoms with Crippen LogP contribution in [0.25, 0.3) is 0 Å². The second-order valence-electron chi connectivity index (χ2n) is 34.0. The van der Waals surface area contributed by atoms with E-state index in [4.69, 9.17) is 18.9 Å². The maximum atomic E-state index is 13.0. The average Bonchev–Trinajstić information content (AvgIpc) is 1.18. The number of hydrogen-bond donors (Lipinski definition) is 0. The molecule has 0 fully saturated rings. The zero-order valence-electron chi connectivity index (χ0n) is 71.7. The van der Waals surface area contributed by atoms with Crippen molar-refractivity contribution in [2.24, 2.45) is 0 Å². The van der Waals surface area contributed by atoms with Crippen LogP contribution in [0.3, 0.4) is 0 Å². The van der Waals surface area contributed by atoms with Crippen molar-refractivity contribution in [2.45, 2.75) is 527 Å². The van der Waals surface area contributed by atoms with Gasteiger partial charge in [-0.2, -0.15) is 0 Å². The molecule has 0 N–H and O–H groups in total. The lowest BCUT2D eigenvalue weighted by Crippen LogP contribution is -2.44. The molecule has 0 aliphatic carbocycles. The normalized spacial score (nSPS) is 12.6. The topological polar surface area (TPSA) is 111 Å². The third-order valence-electron chi connectivity index (χ3n) is 22.2. The van der Waals surface area contributed by atoms with Gasteiger partial charge in [0.05, 0.1) is 40.3 Å². The molecule has 0 aromatic rings. The van der Waals surface area contributed by atoms with Crippen LogP contribution in [-0.2, 0) is 33.3 Å². The van der Waals surface area contributed by atoms with Crippen molar-refractivity contribution in [1.29, 1.82) is 0 Å². The molecule has 0 spiro atoms. The molecular weight excluding hydrogens is 1300 g/mol. The van der Waals surface area contributed by atoms with E-state index in [2.05, 4.69) is 38.2 Å². The second-order valence-corrected chi connectivity index (χ2v) is 34.0. The van der Waals surface area contributed by atoms with Crippen LogP contribution in [0.5, 0.6) is 0 Å². The molecule has 9 heteroatoms. The molecule has 0 amide bonds. The van der Waals surface area contributed by atoms with Crippen molar-refractivity contribution in [1.82, 2.24) is 0 Å². The van der Waals surface area contributed by atoms with Crippen molar-refractivity contribution in [3.8, 4) is 0 Å². The Balaban J connectivity index is 3.85. The SMILES string of the molecule is CCCCCCC/C=C\C/C=C\CCCCCCCCCCCCCCCCCCCCCCCCCCCCCCCC(=O)OC(COC(=O)CCCCCCCCCCCCCCCCCCCCCCCCCCCCCCCCCCCCCCCCC)COC(OCC[N+](C)(C)C)C(=O)[O-]. The Bertz CT molecular complexity index is 1780. The van der Waals surface area contributed by atoms with Gasteiger partial charge < -0.3 is 33.3 Å². The molecule has 0 aliphatic heterocycles. The van der Waals surface area contributed by atoms with Crippen LogP contribution in [0.4, 0.5) is 0 Å². The van der Waals surface area contributed by atoms with E-state index in [0.717, 1.165) is 44.9 Å². The summed E-state index contributed by atoms with van der Waals surface area (Å²) in [6.07, 6.45) is 111. The van der Waals surface area contributed by atoms with Crippen LogP contribution in [-0.4, -0.2) is 82.3 Å².